The number of hydrogen-bond donors (Lipinski definition) is 2. The third-order valence-corrected chi connectivity index (χ3v) is 3.71. The molecule has 19 heavy (non-hydrogen) atoms. The predicted molar refractivity (Wildman–Crippen MR) is 79.1 cm³/mol. The first-order valence-electron chi connectivity index (χ1n) is 7.28. The summed E-state index contributed by atoms with van der Waals surface area (Å²) in [6.45, 7) is 3.37. The van der Waals surface area contributed by atoms with Gasteiger partial charge in [0.15, 0.2) is 0 Å². The molecule has 3 heteroatoms. The van der Waals surface area contributed by atoms with Gasteiger partial charge in [-0.05, 0) is 50.9 Å². The van der Waals surface area contributed by atoms with Crippen LogP contribution in [0.2, 0.25) is 0 Å². The lowest BCUT2D eigenvalue weighted by atomic mass is 10.0. The topological polar surface area (TPSA) is 47.8 Å². The molecule has 0 saturated carbocycles. The van der Waals surface area contributed by atoms with Crippen molar-refractivity contribution < 1.29 is 0 Å². The quantitative estimate of drug-likeness (QED) is 0.870. The summed E-state index contributed by atoms with van der Waals surface area (Å²) in [5.41, 5.74) is 1.75. The van der Waals surface area contributed by atoms with Crippen LogP contribution in [0.3, 0.4) is 0 Å². The molecule has 0 amide bonds. The summed E-state index contributed by atoms with van der Waals surface area (Å²) < 4.78 is 0. The van der Waals surface area contributed by atoms with E-state index in [9.17, 15) is 0 Å². The molecule has 2 N–H and O–H groups in total. The lowest BCUT2D eigenvalue weighted by Gasteiger charge is -2.22. The smallest absolute Gasteiger partial charge is 0.0992 e. The van der Waals surface area contributed by atoms with Crippen LogP contribution in [0.1, 0.15) is 44.6 Å². The minimum atomic E-state index is 0.421. The molecule has 1 aromatic rings. The first kappa shape index (κ1) is 13.9. The number of benzene rings is 1. The number of nitriles is 1. The Bertz CT molecular complexity index is 428. The molecule has 1 fully saturated rings. The highest BCUT2D eigenvalue weighted by Crippen LogP contribution is 2.16. The summed E-state index contributed by atoms with van der Waals surface area (Å²) in [7, 11) is 0. The van der Waals surface area contributed by atoms with E-state index in [1.54, 1.807) is 0 Å². The normalized spacial score (nSPS) is 21.2. The van der Waals surface area contributed by atoms with Crippen molar-refractivity contribution in [2.75, 3.05) is 11.9 Å². The van der Waals surface area contributed by atoms with E-state index in [4.69, 9.17) is 5.26 Å². The van der Waals surface area contributed by atoms with Gasteiger partial charge in [-0.25, -0.2) is 0 Å². The first-order chi connectivity index (χ1) is 9.28. The van der Waals surface area contributed by atoms with Crippen LogP contribution in [-0.4, -0.2) is 18.6 Å². The molecule has 1 aromatic carbocycles. The van der Waals surface area contributed by atoms with Gasteiger partial charge in [-0.2, -0.15) is 5.26 Å². The summed E-state index contributed by atoms with van der Waals surface area (Å²) in [5.74, 6) is 0. The van der Waals surface area contributed by atoms with Gasteiger partial charge in [0.2, 0.25) is 0 Å². The molecule has 1 heterocycles. The lowest BCUT2D eigenvalue weighted by molar-refractivity contribution is 0.456. The van der Waals surface area contributed by atoms with Gasteiger partial charge in [-0.1, -0.05) is 18.9 Å². The van der Waals surface area contributed by atoms with E-state index in [1.165, 1.54) is 25.7 Å². The highest BCUT2D eigenvalue weighted by Gasteiger charge is 2.14. The van der Waals surface area contributed by atoms with Crippen molar-refractivity contribution in [3.63, 3.8) is 0 Å². The zero-order valence-electron chi connectivity index (χ0n) is 11.7. The fourth-order valence-electron chi connectivity index (χ4n) is 2.75. The summed E-state index contributed by atoms with van der Waals surface area (Å²) in [6.07, 6.45) is 6.42. The second-order valence-electron chi connectivity index (χ2n) is 5.47. The van der Waals surface area contributed by atoms with Crippen LogP contribution in [0.5, 0.6) is 0 Å². The molecule has 1 aliphatic rings. The van der Waals surface area contributed by atoms with Gasteiger partial charge in [0, 0.05) is 17.8 Å². The zero-order chi connectivity index (χ0) is 13.5. The maximum absolute atomic E-state index is 8.90. The second-order valence-corrected chi connectivity index (χ2v) is 5.47. The maximum atomic E-state index is 8.90. The Labute approximate surface area is 116 Å². The van der Waals surface area contributed by atoms with Gasteiger partial charge >= 0.3 is 0 Å². The van der Waals surface area contributed by atoms with Gasteiger partial charge in [0.1, 0.15) is 0 Å². The second kappa shape index (κ2) is 7.16. The molecule has 2 atom stereocenters. The molecular formula is C16H23N3. The van der Waals surface area contributed by atoms with E-state index in [1.807, 2.05) is 24.3 Å². The number of hydrogen-bond acceptors (Lipinski definition) is 3. The largest absolute Gasteiger partial charge is 0.382 e. The molecule has 1 saturated heterocycles. The van der Waals surface area contributed by atoms with Crippen molar-refractivity contribution >= 4 is 5.69 Å². The fourth-order valence-corrected chi connectivity index (χ4v) is 2.75. The summed E-state index contributed by atoms with van der Waals surface area (Å²) >= 11 is 0. The minimum Gasteiger partial charge on any atom is -0.382 e. The van der Waals surface area contributed by atoms with Crippen LogP contribution < -0.4 is 10.6 Å². The van der Waals surface area contributed by atoms with E-state index in [2.05, 4.69) is 23.6 Å². The lowest BCUT2D eigenvalue weighted by Crippen LogP contribution is -2.33. The van der Waals surface area contributed by atoms with E-state index in [0.717, 1.165) is 18.7 Å². The first-order valence-corrected chi connectivity index (χ1v) is 7.28. The Morgan fingerprint density at radius 2 is 2.32 bits per heavy atom. The van der Waals surface area contributed by atoms with Crippen LogP contribution in [0.25, 0.3) is 0 Å². The highest BCUT2D eigenvalue weighted by atomic mass is 15.0. The van der Waals surface area contributed by atoms with E-state index in [0.29, 0.717) is 17.6 Å². The van der Waals surface area contributed by atoms with Crippen molar-refractivity contribution in [3.05, 3.63) is 29.8 Å². The Morgan fingerprint density at radius 3 is 3.16 bits per heavy atom. The number of nitrogens with zero attached hydrogens (tertiary/aromatic N) is 1. The highest BCUT2D eigenvalue weighted by molar-refractivity contribution is 5.49. The van der Waals surface area contributed by atoms with Gasteiger partial charge < -0.3 is 10.6 Å². The summed E-state index contributed by atoms with van der Waals surface area (Å²) in [6, 6.07) is 10.9. The van der Waals surface area contributed by atoms with Crippen molar-refractivity contribution in [1.29, 1.82) is 5.26 Å². The van der Waals surface area contributed by atoms with Crippen LogP contribution in [0, 0.1) is 11.3 Å². The van der Waals surface area contributed by atoms with Crippen LogP contribution in [0.4, 0.5) is 5.69 Å². The molecular weight excluding hydrogens is 234 g/mol. The fraction of sp³-hybridized carbons (Fsp3) is 0.562. The van der Waals surface area contributed by atoms with E-state index < -0.39 is 0 Å². The number of nitrogens with one attached hydrogen (secondary N) is 2. The van der Waals surface area contributed by atoms with Crippen molar-refractivity contribution in [1.82, 2.24) is 5.32 Å². The van der Waals surface area contributed by atoms with Crippen LogP contribution in [0.15, 0.2) is 24.3 Å². The molecule has 2 unspecified atom stereocenters. The minimum absolute atomic E-state index is 0.421. The molecule has 0 radical (unpaired) electrons. The zero-order valence-corrected chi connectivity index (χ0v) is 11.7. The van der Waals surface area contributed by atoms with Crippen molar-refractivity contribution in [2.24, 2.45) is 0 Å². The van der Waals surface area contributed by atoms with Crippen LogP contribution >= 0.6 is 0 Å². The molecule has 0 aliphatic carbocycles. The Kier molecular flexibility index (Phi) is 5.23. The van der Waals surface area contributed by atoms with Gasteiger partial charge in [-0.15, -0.1) is 0 Å². The van der Waals surface area contributed by atoms with Crippen molar-refractivity contribution in [2.45, 2.75) is 51.1 Å². The molecule has 2 rings (SSSR count). The van der Waals surface area contributed by atoms with Crippen molar-refractivity contribution in [3.8, 4) is 6.07 Å². The number of rotatable bonds is 4. The summed E-state index contributed by atoms with van der Waals surface area (Å²) in [4.78, 5) is 0. The van der Waals surface area contributed by atoms with Gasteiger partial charge in [-0.3, -0.25) is 0 Å². The van der Waals surface area contributed by atoms with Crippen LogP contribution in [-0.2, 0) is 0 Å². The molecule has 0 bridgehead atoms. The standard InChI is InChI=1S/C16H23N3/c1-13(10-15-7-3-2-4-9-18-15)19-16-8-5-6-14(11-16)12-17/h5-6,8,11,13,15,18-19H,2-4,7,9-10H2,1H3. The Hall–Kier alpha value is -1.53. The molecule has 0 spiro atoms. The molecule has 0 aromatic heterocycles. The average Bonchev–Trinajstić information content (AvgIpc) is 2.67. The third kappa shape index (κ3) is 4.57. The SMILES string of the molecule is CC(CC1CCCCCN1)Nc1cccc(C#N)c1. The molecule has 102 valence electrons. The number of anilines is 1. The summed E-state index contributed by atoms with van der Waals surface area (Å²) in [5, 5.41) is 16.0. The van der Waals surface area contributed by atoms with E-state index >= 15 is 0 Å². The monoisotopic (exact) mass is 257 g/mol. The Balaban J connectivity index is 1.86. The molecule has 1 aliphatic heterocycles. The third-order valence-electron chi connectivity index (χ3n) is 3.71. The van der Waals surface area contributed by atoms with E-state index in [-0.39, 0.29) is 0 Å². The van der Waals surface area contributed by atoms with Gasteiger partial charge in [0.25, 0.3) is 0 Å². The predicted octanol–water partition coefficient (Wildman–Crippen LogP) is 3.28. The Morgan fingerprint density at radius 1 is 1.42 bits per heavy atom. The maximum Gasteiger partial charge on any atom is 0.0992 e. The average molecular weight is 257 g/mol. The van der Waals surface area contributed by atoms with Gasteiger partial charge in [0.05, 0.1) is 11.6 Å². The molecule has 3 nitrogen and oxygen atoms in total.